The third-order valence-corrected chi connectivity index (χ3v) is 5.04. The van der Waals surface area contributed by atoms with E-state index >= 15 is 0 Å². The largest absolute Gasteiger partial charge is 0.350 e. The number of aromatic nitrogens is 1. The van der Waals surface area contributed by atoms with Gasteiger partial charge in [-0.1, -0.05) is 18.2 Å². The Morgan fingerprint density at radius 1 is 1.19 bits per heavy atom. The molecule has 2 aromatic rings. The van der Waals surface area contributed by atoms with Crippen molar-refractivity contribution >= 4 is 11.5 Å². The average molecular weight is 363 g/mol. The highest BCUT2D eigenvalue weighted by molar-refractivity contribution is 5.82. The number of benzene rings is 1. The summed E-state index contributed by atoms with van der Waals surface area (Å²) in [4.78, 5) is 26.9. The minimum atomic E-state index is -0.590. The van der Waals surface area contributed by atoms with Crippen molar-refractivity contribution in [2.45, 2.75) is 37.6 Å². The second-order valence-electron chi connectivity index (χ2n) is 7.03. The van der Waals surface area contributed by atoms with Crippen LogP contribution in [0.2, 0.25) is 0 Å². The van der Waals surface area contributed by atoms with Gasteiger partial charge in [0, 0.05) is 29.3 Å². The lowest BCUT2D eigenvalue weighted by Crippen LogP contribution is -2.23. The summed E-state index contributed by atoms with van der Waals surface area (Å²) in [5.41, 5.74) is 2.46. The molecule has 1 aliphatic heterocycles. The molecule has 5 nitrogen and oxygen atoms in total. The molecule has 1 saturated carbocycles. The number of nitrogens with zero attached hydrogens (tertiary/aromatic N) is 1. The minimum absolute atomic E-state index is 0.0232. The van der Waals surface area contributed by atoms with E-state index in [1.807, 2.05) is 24.3 Å². The Morgan fingerprint density at radius 3 is 2.63 bits per heavy atom. The van der Waals surface area contributed by atoms with Crippen LogP contribution in [0, 0.1) is 17.1 Å². The quantitative estimate of drug-likeness (QED) is 0.876. The number of pyridine rings is 1. The van der Waals surface area contributed by atoms with Crippen molar-refractivity contribution in [1.82, 2.24) is 10.3 Å². The van der Waals surface area contributed by atoms with Crippen LogP contribution in [0.25, 0.3) is 5.57 Å². The number of aromatic amines is 1. The van der Waals surface area contributed by atoms with Crippen LogP contribution in [-0.2, 0) is 4.79 Å². The molecule has 0 bridgehead atoms. The number of carbonyl (C=O) groups is 1. The number of hydrogen-bond donors (Lipinski definition) is 2. The number of nitrogens with one attached hydrogen (secondary N) is 2. The summed E-state index contributed by atoms with van der Waals surface area (Å²) in [6.45, 7) is 0. The van der Waals surface area contributed by atoms with Gasteiger partial charge in [-0.15, -0.1) is 0 Å². The molecule has 0 spiro atoms. The monoisotopic (exact) mass is 363 g/mol. The maximum Gasteiger partial charge on any atom is 0.251 e. The molecule has 2 fully saturated rings. The summed E-state index contributed by atoms with van der Waals surface area (Å²) in [5.74, 6) is -0.280. The van der Waals surface area contributed by atoms with Gasteiger partial charge in [-0.05, 0) is 48.9 Å². The van der Waals surface area contributed by atoms with Gasteiger partial charge in [0.15, 0.2) is 0 Å². The third-order valence-electron chi connectivity index (χ3n) is 5.04. The summed E-state index contributed by atoms with van der Waals surface area (Å²) in [6, 6.07) is 9.63. The molecule has 6 heteroatoms. The highest BCUT2D eigenvalue weighted by Gasteiger charge is 2.26. The van der Waals surface area contributed by atoms with E-state index in [2.05, 4.69) is 10.3 Å². The average Bonchev–Trinajstić information content (AvgIpc) is 3.42. The zero-order chi connectivity index (χ0) is 19.0. The third kappa shape index (κ3) is 3.54. The SMILES string of the molecule is N#Cc1cc(C(=C[C@H]2CCC(=O)N2)c2ccc(C3CC3)c(=O)[nH]2)ccc1F. The summed E-state index contributed by atoms with van der Waals surface area (Å²) < 4.78 is 13.7. The maximum absolute atomic E-state index is 13.7. The zero-order valence-corrected chi connectivity index (χ0v) is 14.6. The van der Waals surface area contributed by atoms with Crippen LogP contribution in [0.4, 0.5) is 4.39 Å². The van der Waals surface area contributed by atoms with Gasteiger partial charge in [0.05, 0.1) is 5.56 Å². The van der Waals surface area contributed by atoms with Gasteiger partial charge >= 0.3 is 0 Å². The Hall–Kier alpha value is -3.20. The second-order valence-corrected chi connectivity index (χ2v) is 7.03. The van der Waals surface area contributed by atoms with Crippen molar-refractivity contribution in [2.24, 2.45) is 0 Å². The molecule has 1 aromatic heterocycles. The summed E-state index contributed by atoms with van der Waals surface area (Å²) >= 11 is 0. The van der Waals surface area contributed by atoms with E-state index in [-0.39, 0.29) is 23.1 Å². The Bertz CT molecular complexity index is 1040. The van der Waals surface area contributed by atoms with Crippen LogP contribution >= 0.6 is 0 Å². The fourth-order valence-corrected chi connectivity index (χ4v) is 3.44. The van der Waals surface area contributed by atoms with Crippen molar-refractivity contribution < 1.29 is 9.18 Å². The molecule has 2 aliphatic rings. The fourth-order valence-electron chi connectivity index (χ4n) is 3.44. The van der Waals surface area contributed by atoms with E-state index in [0.29, 0.717) is 35.6 Å². The molecular weight excluding hydrogens is 345 g/mol. The predicted octanol–water partition coefficient (Wildman–Crippen LogP) is 2.97. The van der Waals surface area contributed by atoms with Crippen LogP contribution in [0.5, 0.6) is 0 Å². The molecule has 4 rings (SSSR count). The standard InChI is InChI=1S/C21H18FN3O2/c22-18-6-3-13(9-14(18)11-23)17(10-15-4-8-20(26)24-15)19-7-5-16(12-1-2-12)21(27)25-19/h3,5-7,9-10,12,15H,1-2,4,8H2,(H,24,26)(H,25,27)/t15-/m1/s1. The normalized spacial score (nSPS) is 19.6. The van der Waals surface area contributed by atoms with Crippen molar-refractivity contribution in [2.75, 3.05) is 0 Å². The number of carbonyl (C=O) groups excluding carboxylic acids is 1. The molecule has 1 aromatic carbocycles. The lowest BCUT2D eigenvalue weighted by atomic mass is 9.97. The van der Waals surface area contributed by atoms with Gasteiger partial charge in [-0.25, -0.2) is 4.39 Å². The summed E-state index contributed by atoms with van der Waals surface area (Å²) in [5, 5.41) is 12.0. The van der Waals surface area contributed by atoms with E-state index < -0.39 is 5.82 Å². The molecule has 2 N–H and O–H groups in total. The first-order chi connectivity index (χ1) is 13.0. The summed E-state index contributed by atoms with van der Waals surface area (Å²) in [6.07, 6.45) is 5.02. The lowest BCUT2D eigenvalue weighted by molar-refractivity contribution is -0.119. The highest BCUT2D eigenvalue weighted by atomic mass is 19.1. The molecule has 0 unspecified atom stereocenters. The van der Waals surface area contributed by atoms with Gasteiger partial charge in [-0.2, -0.15) is 5.26 Å². The van der Waals surface area contributed by atoms with Gasteiger partial charge in [0.25, 0.3) is 5.56 Å². The van der Waals surface area contributed by atoms with Crippen LogP contribution in [-0.4, -0.2) is 16.9 Å². The first-order valence-electron chi connectivity index (χ1n) is 9.00. The summed E-state index contributed by atoms with van der Waals surface area (Å²) in [7, 11) is 0. The van der Waals surface area contributed by atoms with Gasteiger partial charge in [0.2, 0.25) is 5.91 Å². The van der Waals surface area contributed by atoms with Gasteiger partial charge < -0.3 is 10.3 Å². The number of H-pyrrole nitrogens is 1. The molecule has 1 saturated heterocycles. The van der Waals surface area contributed by atoms with E-state index in [4.69, 9.17) is 5.26 Å². The maximum atomic E-state index is 13.7. The Morgan fingerprint density at radius 2 is 2.00 bits per heavy atom. The van der Waals surface area contributed by atoms with Crippen LogP contribution in [0.15, 0.2) is 41.2 Å². The van der Waals surface area contributed by atoms with Crippen molar-refractivity contribution in [3.05, 3.63) is 75.0 Å². The van der Waals surface area contributed by atoms with Crippen LogP contribution in [0.1, 0.15) is 54.0 Å². The lowest BCUT2D eigenvalue weighted by Gasteiger charge is -2.13. The Balaban J connectivity index is 1.80. The van der Waals surface area contributed by atoms with Gasteiger partial charge in [0.1, 0.15) is 11.9 Å². The van der Waals surface area contributed by atoms with E-state index in [1.54, 1.807) is 6.07 Å². The second kappa shape index (κ2) is 6.84. The van der Waals surface area contributed by atoms with Crippen LogP contribution < -0.4 is 10.9 Å². The Labute approximate surface area is 155 Å². The van der Waals surface area contributed by atoms with E-state index in [1.165, 1.54) is 12.1 Å². The first kappa shape index (κ1) is 17.2. The number of halogens is 1. The molecule has 136 valence electrons. The molecular formula is C21H18FN3O2. The molecule has 27 heavy (non-hydrogen) atoms. The number of hydrogen-bond acceptors (Lipinski definition) is 3. The molecule has 1 atom stereocenters. The smallest absolute Gasteiger partial charge is 0.251 e. The number of nitriles is 1. The molecule has 2 heterocycles. The van der Waals surface area contributed by atoms with Crippen molar-refractivity contribution in [3.63, 3.8) is 0 Å². The predicted molar refractivity (Wildman–Crippen MR) is 98.4 cm³/mol. The molecule has 0 radical (unpaired) electrons. The number of rotatable bonds is 4. The molecule has 1 amide bonds. The number of amides is 1. The van der Waals surface area contributed by atoms with E-state index in [9.17, 15) is 14.0 Å². The fraction of sp³-hybridized carbons (Fsp3) is 0.286. The van der Waals surface area contributed by atoms with E-state index in [0.717, 1.165) is 18.4 Å². The van der Waals surface area contributed by atoms with Crippen molar-refractivity contribution in [3.8, 4) is 6.07 Å². The zero-order valence-electron chi connectivity index (χ0n) is 14.6. The van der Waals surface area contributed by atoms with Gasteiger partial charge in [-0.3, -0.25) is 9.59 Å². The molecule has 1 aliphatic carbocycles. The van der Waals surface area contributed by atoms with Crippen molar-refractivity contribution in [1.29, 1.82) is 5.26 Å². The Kier molecular flexibility index (Phi) is 4.36. The highest BCUT2D eigenvalue weighted by Crippen LogP contribution is 2.38. The van der Waals surface area contributed by atoms with Crippen LogP contribution in [0.3, 0.4) is 0 Å². The minimum Gasteiger partial charge on any atom is -0.350 e. The topological polar surface area (TPSA) is 85.8 Å². The first-order valence-corrected chi connectivity index (χ1v) is 9.00.